The minimum Gasteiger partial charge on any atom is -0.396 e. The molecule has 1 aromatic heterocycles. The molecule has 1 atom stereocenters. The van der Waals surface area contributed by atoms with Crippen LogP contribution < -0.4 is 4.90 Å². The number of thiophene rings is 1. The standard InChI is InChI=1S/C25H35N3OS/c29-15-10-24-18-27(13-14-28(24)19-25-5-2-16-30-25)22-8-11-26(12-9-22)23-7-6-20-3-1-4-21(20)17-23/h2,5-7,16-17,22,24,29H,1,3-4,8-15,18-19H2/t24-/m0/s1. The van der Waals surface area contributed by atoms with Crippen molar-refractivity contribution >= 4 is 17.0 Å². The average Bonchev–Trinajstić information content (AvgIpc) is 3.46. The van der Waals surface area contributed by atoms with Crippen LogP contribution in [0.4, 0.5) is 5.69 Å². The molecule has 5 rings (SSSR count). The Bertz CT molecular complexity index is 816. The van der Waals surface area contributed by atoms with Gasteiger partial charge in [0.1, 0.15) is 0 Å². The molecule has 162 valence electrons. The van der Waals surface area contributed by atoms with E-state index < -0.39 is 0 Å². The molecule has 3 heterocycles. The maximum Gasteiger partial charge on any atom is 0.0446 e. The number of rotatable bonds is 6. The molecule has 1 aliphatic carbocycles. The molecule has 2 aliphatic heterocycles. The lowest BCUT2D eigenvalue weighted by Crippen LogP contribution is -2.57. The Morgan fingerprint density at radius 2 is 1.87 bits per heavy atom. The molecule has 2 fully saturated rings. The van der Waals surface area contributed by atoms with Gasteiger partial charge in [-0.2, -0.15) is 0 Å². The van der Waals surface area contributed by atoms with Crippen molar-refractivity contribution in [3.05, 3.63) is 51.7 Å². The van der Waals surface area contributed by atoms with E-state index in [0.717, 1.165) is 32.6 Å². The Kier molecular flexibility index (Phi) is 6.42. The van der Waals surface area contributed by atoms with Gasteiger partial charge in [-0.25, -0.2) is 0 Å². The van der Waals surface area contributed by atoms with Crippen molar-refractivity contribution < 1.29 is 5.11 Å². The summed E-state index contributed by atoms with van der Waals surface area (Å²) >= 11 is 1.85. The van der Waals surface area contributed by atoms with Crippen LogP contribution in [0.15, 0.2) is 35.7 Å². The molecule has 4 nitrogen and oxygen atoms in total. The van der Waals surface area contributed by atoms with E-state index in [-0.39, 0.29) is 6.61 Å². The van der Waals surface area contributed by atoms with Crippen molar-refractivity contribution in [1.29, 1.82) is 0 Å². The average molecular weight is 426 g/mol. The summed E-state index contributed by atoms with van der Waals surface area (Å²) in [6.45, 7) is 7.05. The van der Waals surface area contributed by atoms with E-state index in [1.165, 1.54) is 55.8 Å². The third-order valence-electron chi connectivity index (χ3n) is 7.47. The van der Waals surface area contributed by atoms with Crippen LogP contribution in [0.25, 0.3) is 0 Å². The first-order chi connectivity index (χ1) is 14.8. The van der Waals surface area contributed by atoms with Crippen LogP contribution in [0, 0.1) is 0 Å². The van der Waals surface area contributed by atoms with Gasteiger partial charge in [-0.15, -0.1) is 11.3 Å². The lowest BCUT2D eigenvalue weighted by molar-refractivity contribution is 0.0260. The minimum absolute atomic E-state index is 0.288. The fourth-order valence-electron chi connectivity index (χ4n) is 5.73. The zero-order valence-electron chi connectivity index (χ0n) is 18.0. The van der Waals surface area contributed by atoms with Crippen molar-refractivity contribution in [2.75, 3.05) is 44.2 Å². The highest BCUT2D eigenvalue weighted by molar-refractivity contribution is 7.09. The lowest BCUT2D eigenvalue weighted by atomic mass is 9.98. The first kappa shape index (κ1) is 20.5. The summed E-state index contributed by atoms with van der Waals surface area (Å²) in [5.41, 5.74) is 4.60. The summed E-state index contributed by atoms with van der Waals surface area (Å²) in [7, 11) is 0. The van der Waals surface area contributed by atoms with E-state index in [1.54, 1.807) is 11.1 Å². The van der Waals surface area contributed by atoms with Crippen LogP contribution in [0.2, 0.25) is 0 Å². The Balaban J connectivity index is 1.17. The number of aliphatic hydroxyl groups excluding tert-OH is 1. The Morgan fingerprint density at radius 1 is 1.00 bits per heavy atom. The molecule has 0 amide bonds. The Hall–Kier alpha value is -1.40. The molecule has 0 bridgehead atoms. The fourth-order valence-corrected chi connectivity index (χ4v) is 6.46. The number of fused-ring (bicyclic) bond motifs is 1. The normalized spacial score (nSPS) is 23.8. The second-order valence-electron chi connectivity index (χ2n) is 9.24. The molecule has 1 N–H and O–H groups in total. The fraction of sp³-hybridized carbons (Fsp3) is 0.600. The van der Waals surface area contributed by atoms with Gasteiger partial charge in [0, 0.05) is 68.5 Å². The lowest BCUT2D eigenvalue weighted by Gasteiger charge is -2.46. The Labute approximate surface area is 185 Å². The number of aryl methyl sites for hydroxylation is 2. The van der Waals surface area contributed by atoms with Gasteiger partial charge >= 0.3 is 0 Å². The largest absolute Gasteiger partial charge is 0.396 e. The van der Waals surface area contributed by atoms with E-state index in [2.05, 4.69) is 50.4 Å². The number of piperidine rings is 1. The number of piperazine rings is 1. The van der Waals surface area contributed by atoms with E-state index in [9.17, 15) is 5.11 Å². The highest BCUT2D eigenvalue weighted by Crippen LogP contribution is 2.30. The van der Waals surface area contributed by atoms with E-state index >= 15 is 0 Å². The van der Waals surface area contributed by atoms with Crippen molar-refractivity contribution in [3.8, 4) is 0 Å². The highest BCUT2D eigenvalue weighted by Gasteiger charge is 2.32. The zero-order valence-corrected chi connectivity index (χ0v) is 18.8. The predicted octanol–water partition coefficient (Wildman–Crippen LogP) is 3.77. The zero-order chi connectivity index (χ0) is 20.3. The van der Waals surface area contributed by atoms with Crippen molar-refractivity contribution in [3.63, 3.8) is 0 Å². The van der Waals surface area contributed by atoms with Gasteiger partial charge < -0.3 is 10.0 Å². The molecule has 0 spiro atoms. The van der Waals surface area contributed by atoms with Crippen LogP contribution in [0.1, 0.15) is 41.7 Å². The molecule has 3 aliphatic rings. The molecule has 30 heavy (non-hydrogen) atoms. The number of anilines is 1. The van der Waals surface area contributed by atoms with Gasteiger partial charge in [0.05, 0.1) is 0 Å². The summed E-state index contributed by atoms with van der Waals surface area (Å²) < 4.78 is 0. The number of nitrogens with zero attached hydrogens (tertiary/aromatic N) is 3. The molecule has 2 saturated heterocycles. The van der Waals surface area contributed by atoms with E-state index in [4.69, 9.17) is 0 Å². The number of hydrogen-bond acceptors (Lipinski definition) is 5. The topological polar surface area (TPSA) is 30.0 Å². The smallest absolute Gasteiger partial charge is 0.0446 e. The Morgan fingerprint density at radius 3 is 2.67 bits per heavy atom. The van der Waals surface area contributed by atoms with Crippen LogP contribution >= 0.6 is 11.3 Å². The van der Waals surface area contributed by atoms with Gasteiger partial charge in [0.2, 0.25) is 0 Å². The first-order valence-electron chi connectivity index (χ1n) is 11.8. The van der Waals surface area contributed by atoms with Gasteiger partial charge in [0.15, 0.2) is 0 Å². The molecular formula is C25H35N3OS. The first-order valence-corrected chi connectivity index (χ1v) is 12.7. The van der Waals surface area contributed by atoms with Crippen LogP contribution in [-0.2, 0) is 19.4 Å². The number of aliphatic hydroxyl groups is 1. The SMILES string of the molecule is OCC[C@H]1CN(C2CCN(c3ccc4c(c3)CCC4)CC2)CCN1Cc1cccs1. The highest BCUT2D eigenvalue weighted by atomic mass is 32.1. The molecule has 1 aromatic carbocycles. The molecule has 0 radical (unpaired) electrons. The molecule has 2 aromatic rings. The van der Waals surface area contributed by atoms with Gasteiger partial charge in [-0.1, -0.05) is 12.1 Å². The van der Waals surface area contributed by atoms with Gasteiger partial charge in [0.25, 0.3) is 0 Å². The van der Waals surface area contributed by atoms with Gasteiger partial charge in [-0.05, 0) is 73.2 Å². The summed E-state index contributed by atoms with van der Waals surface area (Å²) in [4.78, 5) is 9.37. The third kappa shape index (κ3) is 4.45. The maximum absolute atomic E-state index is 9.64. The maximum atomic E-state index is 9.64. The quantitative estimate of drug-likeness (QED) is 0.763. The predicted molar refractivity (Wildman–Crippen MR) is 125 cm³/mol. The second kappa shape index (κ2) is 9.39. The number of benzene rings is 1. The molecular weight excluding hydrogens is 390 g/mol. The summed E-state index contributed by atoms with van der Waals surface area (Å²) in [5, 5.41) is 11.8. The monoisotopic (exact) mass is 425 g/mol. The summed E-state index contributed by atoms with van der Waals surface area (Å²) in [5.74, 6) is 0. The van der Waals surface area contributed by atoms with Crippen molar-refractivity contribution in [2.24, 2.45) is 0 Å². The molecule has 0 unspecified atom stereocenters. The molecule has 0 saturated carbocycles. The number of hydrogen-bond donors (Lipinski definition) is 1. The second-order valence-corrected chi connectivity index (χ2v) is 10.3. The van der Waals surface area contributed by atoms with Crippen LogP contribution in [0.3, 0.4) is 0 Å². The van der Waals surface area contributed by atoms with E-state index in [1.807, 2.05) is 11.3 Å². The van der Waals surface area contributed by atoms with Crippen LogP contribution in [0.5, 0.6) is 0 Å². The van der Waals surface area contributed by atoms with Crippen molar-refractivity contribution in [1.82, 2.24) is 9.80 Å². The van der Waals surface area contributed by atoms with Crippen LogP contribution in [-0.4, -0.2) is 66.3 Å². The summed E-state index contributed by atoms with van der Waals surface area (Å²) in [6, 6.07) is 12.7. The van der Waals surface area contributed by atoms with E-state index in [0.29, 0.717) is 12.1 Å². The summed E-state index contributed by atoms with van der Waals surface area (Å²) in [6.07, 6.45) is 7.26. The third-order valence-corrected chi connectivity index (χ3v) is 8.33. The van der Waals surface area contributed by atoms with Crippen molar-refractivity contribution in [2.45, 2.75) is 57.2 Å². The van der Waals surface area contributed by atoms with Gasteiger partial charge in [-0.3, -0.25) is 9.80 Å². The minimum atomic E-state index is 0.288. The molecule has 5 heteroatoms.